The molecule has 1 fully saturated rings. The van der Waals surface area contributed by atoms with Gasteiger partial charge in [0, 0.05) is 74.1 Å². The van der Waals surface area contributed by atoms with Gasteiger partial charge < -0.3 is 46.3 Å². The largest absolute Gasteiger partial charge is 0.496 e. The fourth-order valence-corrected chi connectivity index (χ4v) is 7.98. The van der Waals surface area contributed by atoms with Crippen LogP contribution in [0.1, 0.15) is 43.1 Å². The van der Waals surface area contributed by atoms with Crippen molar-refractivity contribution in [2.24, 2.45) is 11.5 Å². The first-order valence-electron chi connectivity index (χ1n) is 20.9. The molecule has 1 atom stereocenters. The van der Waals surface area contributed by atoms with Gasteiger partial charge in [0.25, 0.3) is 5.91 Å². The van der Waals surface area contributed by atoms with Gasteiger partial charge in [-0.15, -0.1) is 0 Å². The van der Waals surface area contributed by atoms with Gasteiger partial charge in [-0.25, -0.2) is 18.2 Å². The molecule has 4 aromatic carbocycles. The van der Waals surface area contributed by atoms with Gasteiger partial charge in [-0.05, 0) is 53.4 Å². The van der Waals surface area contributed by atoms with E-state index in [1.54, 1.807) is 65.7 Å². The van der Waals surface area contributed by atoms with Crippen molar-refractivity contribution in [3.8, 4) is 23.0 Å². The Hall–Kier alpha value is -7.16. The molecule has 5 aromatic rings. The lowest BCUT2D eigenvalue weighted by atomic mass is 9.86. The van der Waals surface area contributed by atoms with Gasteiger partial charge >= 0.3 is 12.0 Å². The number of carbonyl (C=O) groups is 4. The van der Waals surface area contributed by atoms with Crippen molar-refractivity contribution in [3.63, 3.8) is 0 Å². The fraction of sp³-hybridized carbons (Fsp3) is 0.326. The molecule has 0 saturated carbocycles. The van der Waals surface area contributed by atoms with Crippen LogP contribution in [0.4, 0.5) is 33.4 Å². The molecule has 0 bridgehead atoms. The molecule has 0 radical (unpaired) electrons. The minimum atomic E-state index is -3.74. The third kappa shape index (κ3) is 11.7. The van der Waals surface area contributed by atoms with Crippen LogP contribution < -0.4 is 45.9 Å². The molecule has 0 unspecified atom stereocenters. The molecular formula is C46H55N9O10S. The Morgan fingerprint density at radius 1 is 0.894 bits per heavy atom. The number of pyridine rings is 1. The Balaban J connectivity index is 1.15. The van der Waals surface area contributed by atoms with E-state index < -0.39 is 33.5 Å². The maximum atomic E-state index is 13.4. The van der Waals surface area contributed by atoms with Crippen LogP contribution >= 0.6 is 0 Å². The number of ether oxygens (including phenoxy) is 3. The number of methoxy groups -OCH3 is 2. The van der Waals surface area contributed by atoms with Crippen LogP contribution in [0.5, 0.6) is 23.0 Å². The number of sulfonamides is 1. The molecule has 0 aliphatic carbocycles. The van der Waals surface area contributed by atoms with Gasteiger partial charge in [-0.1, -0.05) is 45.0 Å². The summed E-state index contributed by atoms with van der Waals surface area (Å²) in [6.07, 6.45) is 2.36. The minimum absolute atomic E-state index is 0.0999. The van der Waals surface area contributed by atoms with Crippen molar-refractivity contribution in [3.05, 3.63) is 96.2 Å². The molecule has 19 nitrogen and oxygen atoms in total. The van der Waals surface area contributed by atoms with E-state index in [2.05, 4.69) is 25.2 Å². The Labute approximate surface area is 383 Å². The van der Waals surface area contributed by atoms with E-state index in [1.165, 1.54) is 19.1 Å². The molecule has 350 valence electrons. The molecule has 1 saturated heterocycles. The number of carbonyl (C=O) groups excluding carboxylic acids is 3. The Bertz CT molecular complexity index is 2740. The van der Waals surface area contributed by atoms with Crippen molar-refractivity contribution in [2.45, 2.75) is 38.6 Å². The Kier molecular flexibility index (Phi) is 14.9. The number of piperazine rings is 1. The van der Waals surface area contributed by atoms with Crippen molar-refractivity contribution >= 4 is 73.2 Å². The number of benzene rings is 4. The number of anilines is 5. The number of rotatable bonds is 17. The molecule has 1 aliphatic rings. The van der Waals surface area contributed by atoms with E-state index in [9.17, 15) is 27.6 Å². The molecule has 4 amide bonds. The predicted octanol–water partition coefficient (Wildman–Crippen LogP) is 5.35. The highest BCUT2D eigenvalue weighted by Gasteiger charge is 2.29. The van der Waals surface area contributed by atoms with Crippen LogP contribution in [0.3, 0.4) is 0 Å². The van der Waals surface area contributed by atoms with Crippen LogP contribution in [0.15, 0.2) is 85.1 Å². The SMILES string of the molecule is COc1cc(Nc2cc(Oc3ccc(N(C(N)=O)c4cc(C(C)(C)C)cc(NS(C)(=O)=O)c4OC)c4ccccc34)ccn2)ccc1C(=O)NCCN1CCN(C(=O)C[C@@H](N)C(=O)O)CC1. The quantitative estimate of drug-likeness (QED) is 0.0687. The number of aliphatic carboxylic acids is 1. The lowest BCUT2D eigenvalue weighted by Crippen LogP contribution is -2.51. The second-order valence-corrected chi connectivity index (χ2v) is 18.4. The van der Waals surface area contributed by atoms with E-state index in [-0.39, 0.29) is 35.4 Å². The summed E-state index contributed by atoms with van der Waals surface area (Å²) >= 11 is 0. The van der Waals surface area contributed by atoms with Crippen molar-refractivity contribution in [2.75, 3.05) is 74.7 Å². The highest BCUT2D eigenvalue weighted by atomic mass is 32.2. The van der Waals surface area contributed by atoms with Crippen LogP contribution in [0.25, 0.3) is 10.8 Å². The third-order valence-electron chi connectivity index (χ3n) is 10.8. The first-order chi connectivity index (χ1) is 31.3. The number of nitrogens with two attached hydrogens (primary N) is 2. The number of carboxylic acid groups (broad SMARTS) is 1. The van der Waals surface area contributed by atoms with Gasteiger partial charge in [0.1, 0.15) is 29.1 Å². The number of hydrogen-bond acceptors (Lipinski definition) is 13. The fourth-order valence-electron chi connectivity index (χ4n) is 7.43. The van der Waals surface area contributed by atoms with E-state index in [1.807, 2.05) is 45.0 Å². The highest BCUT2D eigenvalue weighted by Crippen LogP contribution is 2.46. The zero-order valence-corrected chi connectivity index (χ0v) is 38.4. The van der Waals surface area contributed by atoms with Gasteiger partial charge in [-0.2, -0.15) is 0 Å². The Morgan fingerprint density at radius 2 is 1.61 bits per heavy atom. The Morgan fingerprint density at radius 3 is 2.24 bits per heavy atom. The standard InChI is InChI=1S/C46H55N9O10S/c1-46(2,3)28-23-35(52-66(6,61)62)42(64-5)37(24-28)55(45(48)60)36-13-14-38(32-10-8-7-9-31(32)36)65-30-15-16-49-40(26-30)51-29-11-12-33(39(25-29)63-4)43(57)50-17-18-53-19-21-54(22-20-53)41(56)27-34(47)44(58)59/h7-16,23-26,34,52H,17-22,27,47H2,1-6H3,(H2,48,60)(H,49,51)(H,50,57)(H,58,59)/t34-/m1/s1. The van der Waals surface area contributed by atoms with Crippen LogP contribution in [0.2, 0.25) is 0 Å². The van der Waals surface area contributed by atoms with Crippen molar-refractivity contribution < 1.29 is 46.9 Å². The first kappa shape index (κ1) is 48.3. The molecule has 20 heteroatoms. The number of primary amides is 1. The number of fused-ring (bicyclic) bond motifs is 1. The summed E-state index contributed by atoms with van der Waals surface area (Å²) in [5, 5.41) is 16.4. The number of amides is 4. The summed E-state index contributed by atoms with van der Waals surface area (Å²) in [6, 6.07) is 20.5. The summed E-state index contributed by atoms with van der Waals surface area (Å²) in [4.78, 5) is 59.5. The summed E-state index contributed by atoms with van der Waals surface area (Å²) in [5.41, 5.74) is 13.6. The normalized spacial score (nSPS) is 13.7. The van der Waals surface area contributed by atoms with E-state index in [4.69, 9.17) is 30.8 Å². The highest BCUT2D eigenvalue weighted by molar-refractivity contribution is 7.92. The lowest BCUT2D eigenvalue weighted by Gasteiger charge is -2.35. The van der Waals surface area contributed by atoms with Gasteiger partial charge in [0.05, 0.1) is 49.5 Å². The van der Waals surface area contributed by atoms with E-state index in [0.717, 1.165) is 11.8 Å². The lowest BCUT2D eigenvalue weighted by molar-refractivity contribution is -0.143. The number of aromatic nitrogens is 1. The first-order valence-corrected chi connectivity index (χ1v) is 22.8. The number of hydrogen-bond donors (Lipinski definition) is 6. The van der Waals surface area contributed by atoms with E-state index in [0.29, 0.717) is 90.0 Å². The average molecular weight is 926 g/mol. The smallest absolute Gasteiger partial charge is 0.324 e. The topological polar surface area (TPSA) is 261 Å². The zero-order valence-electron chi connectivity index (χ0n) is 37.6. The summed E-state index contributed by atoms with van der Waals surface area (Å²) in [6.45, 7) is 8.82. The number of nitrogens with zero attached hydrogens (tertiary/aromatic N) is 4. The molecule has 1 aromatic heterocycles. The second kappa shape index (κ2) is 20.3. The van der Waals surface area contributed by atoms with Gasteiger partial charge in [0.15, 0.2) is 5.75 Å². The molecule has 2 heterocycles. The maximum Gasteiger partial charge on any atom is 0.324 e. The molecule has 1 aliphatic heterocycles. The molecule has 0 spiro atoms. The van der Waals surface area contributed by atoms with Crippen molar-refractivity contribution in [1.29, 1.82) is 0 Å². The molecular weight excluding hydrogens is 871 g/mol. The van der Waals surface area contributed by atoms with E-state index >= 15 is 0 Å². The number of urea groups is 1. The molecule has 8 N–H and O–H groups in total. The summed E-state index contributed by atoms with van der Waals surface area (Å²) in [5.74, 6) is -0.0751. The third-order valence-corrected chi connectivity index (χ3v) is 11.4. The van der Waals surface area contributed by atoms with Gasteiger partial charge in [0.2, 0.25) is 15.9 Å². The average Bonchev–Trinajstić information content (AvgIpc) is 3.26. The number of nitrogens with one attached hydrogen (secondary N) is 3. The van der Waals surface area contributed by atoms with Crippen LogP contribution in [-0.4, -0.2) is 118 Å². The van der Waals surface area contributed by atoms with Crippen molar-refractivity contribution in [1.82, 2.24) is 20.1 Å². The molecule has 6 rings (SSSR count). The number of carboxylic acids is 1. The van der Waals surface area contributed by atoms with Crippen LogP contribution in [0, 0.1) is 0 Å². The minimum Gasteiger partial charge on any atom is -0.496 e. The zero-order chi connectivity index (χ0) is 47.9. The van der Waals surface area contributed by atoms with Crippen LogP contribution in [-0.2, 0) is 25.0 Å². The summed E-state index contributed by atoms with van der Waals surface area (Å²) < 4.78 is 45.1. The monoisotopic (exact) mass is 925 g/mol. The maximum absolute atomic E-state index is 13.4. The summed E-state index contributed by atoms with van der Waals surface area (Å²) in [7, 11) is -0.887. The molecule has 66 heavy (non-hydrogen) atoms. The predicted molar refractivity (Wildman–Crippen MR) is 252 cm³/mol. The van der Waals surface area contributed by atoms with Gasteiger partial charge in [-0.3, -0.25) is 28.9 Å². The second-order valence-electron chi connectivity index (χ2n) is 16.6.